The summed E-state index contributed by atoms with van der Waals surface area (Å²) in [5, 5.41) is 10.1. The Labute approximate surface area is 193 Å². The van der Waals surface area contributed by atoms with E-state index in [-0.39, 0.29) is 28.9 Å². The molecule has 2 fully saturated rings. The average Bonchev–Trinajstić information content (AvgIpc) is 3.71. The molecule has 176 valence electrons. The Morgan fingerprint density at radius 1 is 1.21 bits per heavy atom. The van der Waals surface area contributed by atoms with Crippen LogP contribution < -0.4 is 15.4 Å². The molecule has 34 heavy (non-hydrogen) atoms. The fourth-order valence-corrected chi connectivity index (χ4v) is 3.72. The highest BCUT2D eigenvalue weighted by molar-refractivity contribution is 6.06. The van der Waals surface area contributed by atoms with Crippen LogP contribution in [0.5, 0.6) is 5.75 Å². The number of anilines is 3. The van der Waals surface area contributed by atoms with Crippen molar-refractivity contribution in [1.29, 1.82) is 0 Å². The number of nitrogens with zero attached hydrogens (tertiary/aromatic N) is 4. The molecule has 1 atom stereocenters. The number of alkyl halides is 2. The van der Waals surface area contributed by atoms with Crippen LogP contribution in [0.3, 0.4) is 0 Å². The summed E-state index contributed by atoms with van der Waals surface area (Å²) < 4.78 is 34.4. The maximum atomic E-state index is 13.6. The van der Waals surface area contributed by atoms with Gasteiger partial charge in [0.25, 0.3) is 5.92 Å². The van der Waals surface area contributed by atoms with Crippen LogP contribution in [0.25, 0.3) is 11.4 Å². The molecular formula is C23H22F2N6O3. The zero-order chi connectivity index (χ0) is 24.0. The van der Waals surface area contributed by atoms with Crippen LogP contribution in [0.4, 0.5) is 26.0 Å². The number of benzene rings is 1. The number of para-hydroxylation sites is 1. The number of hydrogen-bond acceptors (Lipinski definition) is 7. The van der Waals surface area contributed by atoms with E-state index in [0.29, 0.717) is 22.8 Å². The molecule has 5 rings (SSSR count). The molecule has 1 aromatic carbocycles. The summed E-state index contributed by atoms with van der Waals surface area (Å²) in [6.45, 7) is 0. The molecule has 1 unspecified atom stereocenters. The maximum Gasteiger partial charge on any atom is 0.259 e. The molecule has 9 nitrogen and oxygen atoms in total. The zero-order valence-electron chi connectivity index (χ0n) is 18.5. The molecule has 0 aliphatic heterocycles. The lowest BCUT2D eigenvalue weighted by molar-refractivity contribution is -0.117. The van der Waals surface area contributed by atoms with Crippen LogP contribution in [0, 0.1) is 11.8 Å². The number of carbonyl (C=O) groups excluding carboxylic acids is 2. The van der Waals surface area contributed by atoms with E-state index >= 15 is 0 Å². The number of ketones is 1. The van der Waals surface area contributed by atoms with E-state index in [1.54, 1.807) is 36.3 Å². The quantitative estimate of drug-likeness (QED) is 0.484. The molecule has 0 radical (unpaired) electrons. The lowest BCUT2D eigenvalue weighted by Crippen LogP contribution is -2.16. The Balaban J connectivity index is 1.52. The summed E-state index contributed by atoms with van der Waals surface area (Å²) in [5.74, 6) is -4.25. The highest BCUT2D eigenvalue weighted by Gasteiger charge is 2.61. The Morgan fingerprint density at radius 2 is 1.97 bits per heavy atom. The summed E-state index contributed by atoms with van der Waals surface area (Å²) >= 11 is 0. The first-order chi connectivity index (χ1) is 16.3. The number of aryl methyl sites for hydroxylation is 1. The molecule has 1 amide bonds. The van der Waals surface area contributed by atoms with Gasteiger partial charge in [0.2, 0.25) is 5.91 Å². The summed E-state index contributed by atoms with van der Waals surface area (Å²) in [4.78, 5) is 33.4. The molecule has 2 saturated carbocycles. The van der Waals surface area contributed by atoms with Gasteiger partial charge >= 0.3 is 0 Å². The first kappa shape index (κ1) is 21.9. The van der Waals surface area contributed by atoms with E-state index in [1.807, 2.05) is 0 Å². The minimum atomic E-state index is -3.02. The predicted molar refractivity (Wildman–Crippen MR) is 119 cm³/mol. The highest BCUT2D eigenvalue weighted by Crippen LogP contribution is 2.51. The third-order valence-corrected chi connectivity index (χ3v) is 5.84. The number of pyridine rings is 1. The van der Waals surface area contributed by atoms with Crippen molar-refractivity contribution in [1.82, 2.24) is 19.7 Å². The molecule has 0 spiro atoms. The molecule has 2 N–H and O–H groups in total. The van der Waals surface area contributed by atoms with Gasteiger partial charge in [-0.2, -0.15) is 5.10 Å². The number of Topliss-reactive ketones (excluding diaryl/α,β-unsaturated/α-hetero) is 1. The second-order valence-corrected chi connectivity index (χ2v) is 8.51. The molecule has 2 aliphatic carbocycles. The van der Waals surface area contributed by atoms with Crippen LogP contribution in [-0.2, 0) is 11.8 Å². The lowest BCUT2D eigenvalue weighted by Gasteiger charge is -2.17. The predicted octanol–water partition coefficient (Wildman–Crippen LogP) is 3.82. The number of methoxy groups -OCH3 is 1. The second kappa shape index (κ2) is 8.15. The molecule has 11 heteroatoms. The molecule has 2 aliphatic rings. The van der Waals surface area contributed by atoms with E-state index in [4.69, 9.17) is 4.74 Å². The van der Waals surface area contributed by atoms with E-state index < -0.39 is 24.0 Å². The van der Waals surface area contributed by atoms with E-state index in [2.05, 4.69) is 25.7 Å². The van der Waals surface area contributed by atoms with Crippen LogP contribution in [0.2, 0.25) is 0 Å². The standard InChI is InChI=1S/C23H22F2N6O3/c1-31-11-27-21(30-31)13-4-3-5-16(20(13)34-2)28-17-8-18(29-22(33)12-6-7-12)26-10-14(17)19(32)15-9-23(15,24)25/h3-5,8,10-12,15H,6-7,9H2,1-2H3,(H2,26,28,29,33). The third-order valence-electron chi connectivity index (χ3n) is 5.84. The summed E-state index contributed by atoms with van der Waals surface area (Å²) in [5.41, 5.74) is 1.31. The highest BCUT2D eigenvalue weighted by atomic mass is 19.3. The summed E-state index contributed by atoms with van der Waals surface area (Å²) in [7, 11) is 3.22. The monoisotopic (exact) mass is 468 g/mol. The van der Waals surface area contributed by atoms with Crippen molar-refractivity contribution >= 4 is 28.9 Å². The first-order valence-corrected chi connectivity index (χ1v) is 10.8. The fourth-order valence-electron chi connectivity index (χ4n) is 3.72. The Hall–Kier alpha value is -3.89. The van der Waals surface area contributed by atoms with Crippen LogP contribution in [-0.4, -0.2) is 44.5 Å². The Morgan fingerprint density at radius 3 is 2.59 bits per heavy atom. The number of hydrogen-bond donors (Lipinski definition) is 2. The first-order valence-electron chi connectivity index (χ1n) is 10.8. The van der Waals surface area contributed by atoms with Crippen molar-refractivity contribution in [3.05, 3.63) is 42.4 Å². The van der Waals surface area contributed by atoms with Gasteiger partial charge in [-0.05, 0) is 25.0 Å². The molecule has 0 bridgehead atoms. The number of rotatable bonds is 8. The zero-order valence-corrected chi connectivity index (χ0v) is 18.5. The maximum absolute atomic E-state index is 13.6. The van der Waals surface area contributed by atoms with E-state index in [1.165, 1.54) is 19.4 Å². The minimum Gasteiger partial charge on any atom is -0.494 e. The average molecular weight is 468 g/mol. The van der Waals surface area contributed by atoms with Gasteiger partial charge < -0.3 is 15.4 Å². The van der Waals surface area contributed by atoms with Crippen LogP contribution >= 0.6 is 0 Å². The van der Waals surface area contributed by atoms with Gasteiger partial charge in [0.1, 0.15) is 12.1 Å². The van der Waals surface area contributed by atoms with Crippen LogP contribution in [0.15, 0.2) is 36.8 Å². The van der Waals surface area contributed by atoms with Gasteiger partial charge in [-0.25, -0.2) is 18.7 Å². The van der Waals surface area contributed by atoms with Gasteiger partial charge in [0.05, 0.1) is 35.5 Å². The van der Waals surface area contributed by atoms with E-state index in [0.717, 1.165) is 12.8 Å². The Bertz CT molecular complexity index is 1290. The van der Waals surface area contributed by atoms with Crippen LogP contribution in [0.1, 0.15) is 29.6 Å². The molecule has 0 saturated heterocycles. The van der Waals surface area contributed by atoms with Crippen molar-refractivity contribution in [2.45, 2.75) is 25.2 Å². The molecular weight excluding hydrogens is 446 g/mol. The largest absolute Gasteiger partial charge is 0.494 e. The molecule has 2 heterocycles. The smallest absolute Gasteiger partial charge is 0.259 e. The molecule has 3 aromatic rings. The van der Waals surface area contributed by atoms with Gasteiger partial charge in [0, 0.05) is 31.6 Å². The Kier molecular flexibility index (Phi) is 5.26. The van der Waals surface area contributed by atoms with Crippen molar-refractivity contribution in [3.63, 3.8) is 0 Å². The number of amides is 1. The van der Waals surface area contributed by atoms with Crippen molar-refractivity contribution in [2.75, 3.05) is 17.7 Å². The van der Waals surface area contributed by atoms with Gasteiger partial charge in [-0.15, -0.1) is 0 Å². The summed E-state index contributed by atoms with van der Waals surface area (Å²) in [6.07, 6.45) is 3.92. The van der Waals surface area contributed by atoms with Gasteiger partial charge in [0.15, 0.2) is 17.4 Å². The number of carbonyl (C=O) groups is 2. The topological polar surface area (TPSA) is 111 Å². The molecule has 2 aromatic heterocycles. The SMILES string of the molecule is COc1c(Nc2cc(NC(=O)C3CC3)ncc2C(=O)C2CC2(F)F)cccc1-c1ncn(C)n1. The third kappa shape index (κ3) is 4.20. The minimum absolute atomic E-state index is 0.00927. The van der Waals surface area contributed by atoms with Gasteiger partial charge in [-0.3, -0.25) is 14.3 Å². The van der Waals surface area contributed by atoms with Crippen molar-refractivity contribution in [2.24, 2.45) is 18.9 Å². The van der Waals surface area contributed by atoms with E-state index in [9.17, 15) is 18.4 Å². The van der Waals surface area contributed by atoms with Gasteiger partial charge in [-0.1, -0.05) is 6.07 Å². The van der Waals surface area contributed by atoms with Crippen molar-refractivity contribution < 1.29 is 23.1 Å². The van der Waals surface area contributed by atoms with Crippen molar-refractivity contribution in [3.8, 4) is 17.1 Å². The lowest BCUT2D eigenvalue weighted by atomic mass is 10.1. The fraction of sp³-hybridized carbons (Fsp3) is 0.348. The number of aromatic nitrogens is 4. The number of ether oxygens (including phenoxy) is 1. The second-order valence-electron chi connectivity index (χ2n) is 8.51. The number of halogens is 2. The number of nitrogens with one attached hydrogen (secondary N) is 2. The summed E-state index contributed by atoms with van der Waals surface area (Å²) in [6, 6.07) is 6.72. The normalized spacial score (nSPS) is 18.3.